The van der Waals surface area contributed by atoms with Crippen molar-refractivity contribution in [3.8, 4) is 51.8 Å². The molecule has 0 aliphatic heterocycles. The molecule has 2 heterocycles. The summed E-state index contributed by atoms with van der Waals surface area (Å²) in [5.41, 5.74) is 10.7. The summed E-state index contributed by atoms with van der Waals surface area (Å²) in [5.74, 6) is 0. The smallest absolute Gasteiger partial charge is 0.101 e. The second kappa shape index (κ2) is 11.4. The monoisotopic (exact) mass is 635 g/mol. The van der Waals surface area contributed by atoms with Crippen molar-refractivity contribution >= 4 is 43.6 Å². The van der Waals surface area contributed by atoms with Crippen LogP contribution in [-0.2, 0) is 0 Å². The van der Waals surface area contributed by atoms with Gasteiger partial charge in [-0.2, -0.15) is 15.8 Å². The molecule has 9 rings (SSSR count). The molecule has 2 aromatic heterocycles. The summed E-state index contributed by atoms with van der Waals surface area (Å²) in [4.78, 5) is 0. The van der Waals surface area contributed by atoms with Crippen LogP contribution in [0.2, 0.25) is 0 Å². The van der Waals surface area contributed by atoms with Gasteiger partial charge in [-0.05, 0) is 77.4 Å². The molecule has 0 radical (unpaired) electrons. The van der Waals surface area contributed by atoms with Gasteiger partial charge in [-0.15, -0.1) is 0 Å². The summed E-state index contributed by atoms with van der Waals surface area (Å²) in [7, 11) is 0. The molecule has 0 amide bonds. The Morgan fingerprint density at radius 3 is 1.62 bits per heavy atom. The normalized spacial score (nSPS) is 11.1. The third kappa shape index (κ3) is 4.24. The Kier molecular flexibility index (Phi) is 6.56. The van der Waals surface area contributed by atoms with Crippen LogP contribution in [0.15, 0.2) is 152 Å². The molecule has 5 heteroatoms. The minimum atomic E-state index is 0.482. The molecule has 0 aliphatic rings. The highest BCUT2D eigenvalue weighted by Crippen LogP contribution is 2.43. The molecule has 0 fully saturated rings. The van der Waals surface area contributed by atoms with Crippen molar-refractivity contribution in [3.05, 3.63) is 168 Å². The summed E-state index contributed by atoms with van der Waals surface area (Å²) in [6.45, 7) is 0. The molecular weight excluding hydrogens is 611 g/mol. The number of hydrogen-bond donors (Lipinski definition) is 0. The minimum absolute atomic E-state index is 0.482. The summed E-state index contributed by atoms with van der Waals surface area (Å²) in [5, 5.41) is 35.0. The third-order valence-corrected chi connectivity index (χ3v) is 9.64. The highest BCUT2D eigenvalue weighted by atomic mass is 15.0. The van der Waals surface area contributed by atoms with Crippen LogP contribution < -0.4 is 0 Å². The second-order valence-corrected chi connectivity index (χ2v) is 12.3. The molecule has 50 heavy (non-hydrogen) atoms. The summed E-state index contributed by atoms with van der Waals surface area (Å²) in [6.07, 6.45) is 0. The first-order valence-electron chi connectivity index (χ1n) is 16.3. The van der Waals surface area contributed by atoms with Crippen molar-refractivity contribution < 1.29 is 0 Å². The third-order valence-electron chi connectivity index (χ3n) is 9.64. The first-order chi connectivity index (χ1) is 24.7. The van der Waals surface area contributed by atoms with Crippen LogP contribution in [0.1, 0.15) is 16.7 Å². The van der Waals surface area contributed by atoms with Crippen molar-refractivity contribution in [2.45, 2.75) is 0 Å². The van der Waals surface area contributed by atoms with Gasteiger partial charge in [0.25, 0.3) is 0 Å². The number of nitriles is 3. The van der Waals surface area contributed by atoms with Crippen LogP contribution in [0.25, 0.3) is 77.2 Å². The van der Waals surface area contributed by atoms with Crippen LogP contribution >= 0.6 is 0 Å². The average molecular weight is 636 g/mol. The Morgan fingerprint density at radius 1 is 0.400 bits per heavy atom. The van der Waals surface area contributed by atoms with E-state index in [1.54, 1.807) is 12.1 Å². The van der Waals surface area contributed by atoms with E-state index in [9.17, 15) is 15.8 Å². The van der Waals surface area contributed by atoms with Crippen LogP contribution in [0.3, 0.4) is 0 Å². The van der Waals surface area contributed by atoms with Gasteiger partial charge in [0.2, 0.25) is 0 Å². The summed E-state index contributed by atoms with van der Waals surface area (Å²) >= 11 is 0. The van der Waals surface area contributed by atoms with E-state index in [0.717, 1.165) is 66.0 Å². The number of fused-ring (bicyclic) bond motifs is 6. The Balaban J connectivity index is 1.32. The van der Waals surface area contributed by atoms with Gasteiger partial charge in [0, 0.05) is 32.8 Å². The predicted octanol–water partition coefficient (Wildman–Crippen LogP) is 10.8. The SMILES string of the molecule is N#Cc1ccc2c(c1)c1ccccc1n2-c1cccc(-c2ccccc2-c2c(C#N)ccc(C#N)c2-n2c3ccccc3c3ccccc32)c1. The fourth-order valence-electron chi connectivity index (χ4n) is 7.53. The van der Waals surface area contributed by atoms with E-state index in [4.69, 9.17) is 0 Å². The molecular formula is C45H25N5. The molecule has 9 aromatic rings. The molecule has 7 aromatic carbocycles. The van der Waals surface area contributed by atoms with E-state index < -0.39 is 0 Å². The quantitative estimate of drug-likeness (QED) is 0.193. The lowest BCUT2D eigenvalue weighted by Gasteiger charge is -2.20. The molecule has 0 bridgehead atoms. The van der Waals surface area contributed by atoms with E-state index in [0.29, 0.717) is 27.9 Å². The number of para-hydroxylation sites is 3. The zero-order valence-corrected chi connectivity index (χ0v) is 26.7. The maximum absolute atomic E-state index is 10.6. The molecule has 0 spiro atoms. The molecule has 0 unspecified atom stereocenters. The Morgan fingerprint density at radius 2 is 0.960 bits per heavy atom. The first-order valence-corrected chi connectivity index (χ1v) is 16.3. The molecule has 5 nitrogen and oxygen atoms in total. The zero-order chi connectivity index (χ0) is 33.8. The topological polar surface area (TPSA) is 81.2 Å². The summed E-state index contributed by atoms with van der Waals surface area (Å²) in [6, 6.07) is 57.7. The van der Waals surface area contributed by atoms with Crippen molar-refractivity contribution in [1.29, 1.82) is 15.8 Å². The molecule has 0 saturated carbocycles. The van der Waals surface area contributed by atoms with Crippen LogP contribution in [-0.4, -0.2) is 9.13 Å². The average Bonchev–Trinajstić information content (AvgIpc) is 3.70. The van der Waals surface area contributed by atoms with Crippen LogP contribution in [0, 0.1) is 34.0 Å². The lowest BCUT2D eigenvalue weighted by Crippen LogP contribution is -2.04. The van der Waals surface area contributed by atoms with Crippen molar-refractivity contribution in [1.82, 2.24) is 9.13 Å². The molecule has 230 valence electrons. The molecule has 0 N–H and O–H groups in total. The molecule has 0 saturated heterocycles. The van der Waals surface area contributed by atoms with Gasteiger partial charge in [-0.25, -0.2) is 0 Å². The number of rotatable bonds is 4. The van der Waals surface area contributed by atoms with Crippen molar-refractivity contribution in [2.75, 3.05) is 0 Å². The maximum atomic E-state index is 10.6. The van der Waals surface area contributed by atoms with Gasteiger partial charge in [0.05, 0.1) is 56.6 Å². The lowest BCUT2D eigenvalue weighted by atomic mass is 9.89. The predicted molar refractivity (Wildman–Crippen MR) is 200 cm³/mol. The van der Waals surface area contributed by atoms with Gasteiger partial charge in [-0.3, -0.25) is 0 Å². The van der Waals surface area contributed by atoms with E-state index in [-0.39, 0.29) is 0 Å². The Bertz CT molecular complexity index is 2920. The summed E-state index contributed by atoms with van der Waals surface area (Å²) < 4.78 is 4.37. The Hall–Kier alpha value is -7.39. The molecule has 0 atom stereocenters. The number of nitrogens with zero attached hydrogens (tertiary/aromatic N) is 5. The van der Waals surface area contributed by atoms with Crippen molar-refractivity contribution in [3.63, 3.8) is 0 Å². The van der Waals surface area contributed by atoms with Gasteiger partial charge >= 0.3 is 0 Å². The van der Waals surface area contributed by atoms with Gasteiger partial charge in [0.1, 0.15) is 6.07 Å². The molecule has 0 aliphatic carbocycles. The van der Waals surface area contributed by atoms with Gasteiger partial charge in [0.15, 0.2) is 0 Å². The standard InChI is InChI=1S/C45H25N5/c46-26-29-20-23-43-39(24-29)37-15-5-6-17-40(37)49(43)33-11-9-10-30(25-33)34-12-1-2-16-38(34)44-31(27-47)21-22-32(28-48)45(44)50-41-18-7-3-13-35(41)36-14-4-8-19-42(36)50/h1-25H. The highest BCUT2D eigenvalue weighted by molar-refractivity contribution is 6.11. The van der Waals surface area contributed by atoms with Crippen molar-refractivity contribution in [2.24, 2.45) is 0 Å². The van der Waals surface area contributed by atoms with E-state index in [1.807, 2.05) is 72.8 Å². The Labute approximate surface area is 287 Å². The highest BCUT2D eigenvalue weighted by Gasteiger charge is 2.23. The van der Waals surface area contributed by atoms with Gasteiger partial charge < -0.3 is 9.13 Å². The maximum Gasteiger partial charge on any atom is 0.101 e. The number of benzene rings is 7. The minimum Gasteiger partial charge on any atom is -0.309 e. The number of hydrogen-bond acceptors (Lipinski definition) is 3. The van der Waals surface area contributed by atoms with Crippen LogP contribution in [0.4, 0.5) is 0 Å². The fourth-order valence-corrected chi connectivity index (χ4v) is 7.53. The largest absolute Gasteiger partial charge is 0.309 e. The van der Waals surface area contributed by atoms with Crippen LogP contribution in [0.5, 0.6) is 0 Å². The first kappa shape index (κ1) is 28.8. The lowest BCUT2D eigenvalue weighted by molar-refractivity contribution is 1.16. The zero-order valence-electron chi connectivity index (χ0n) is 26.7. The number of aromatic nitrogens is 2. The van der Waals surface area contributed by atoms with Gasteiger partial charge in [-0.1, -0.05) is 91.0 Å². The van der Waals surface area contributed by atoms with E-state index >= 15 is 0 Å². The second-order valence-electron chi connectivity index (χ2n) is 12.3. The van der Waals surface area contributed by atoms with E-state index in [1.165, 1.54) is 0 Å². The fraction of sp³-hybridized carbons (Fsp3) is 0. The van der Waals surface area contributed by atoms with E-state index in [2.05, 4.69) is 94.1 Å².